The van der Waals surface area contributed by atoms with Crippen molar-refractivity contribution in [1.82, 2.24) is 29.2 Å². The van der Waals surface area contributed by atoms with Gasteiger partial charge in [-0.15, -0.1) is 0 Å². The number of aromatic hydroxyl groups is 1. The molecule has 2 aromatic carbocycles. The number of fused-ring (bicyclic) bond motifs is 1. The van der Waals surface area contributed by atoms with Gasteiger partial charge in [0.25, 0.3) is 0 Å². The number of benzene rings is 2. The standard InChI is InChI=1S/C36H39ClN10O7/c1-22-10-13-46(31(49)9-12-38)19-29(22)45(4)32-26-11-14-47(33(26)40-21-39-32)35(52)43(2)15-16-44(3)36(53)54-20-23-5-6-25(18-28(23)37)42-41-24-7-8-30(48)27(17-24)34(50)51/h5-8,11,14,17-18,21-22,29,48H,9-10,13,15-16,19-20H2,1-4H3,(H,50,51)/t22-,29+/m1/s1. The number of rotatable bonds is 11. The molecule has 1 aliphatic heterocycles. The van der Waals surface area contributed by atoms with Gasteiger partial charge in [-0.1, -0.05) is 24.6 Å². The highest BCUT2D eigenvalue weighted by Gasteiger charge is 2.33. The molecule has 2 N–H and O–H groups in total. The molecule has 282 valence electrons. The number of aromatic nitrogens is 3. The fourth-order valence-electron chi connectivity index (χ4n) is 6.00. The van der Waals surface area contributed by atoms with Crippen molar-refractivity contribution < 1.29 is 34.1 Å². The predicted octanol–water partition coefficient (Wildman–Crippen LogP) is 5.66. The number of piperidine rings is 1. The minimum atomic E-state index is -1.30. The number of carbonyl (C=O) groups excluding carboxylic acids is 3. The molecule has 1 aliphatic rings. The molecule has 3 amide bonds. The Balaban J connectivity index is 1.15. The number of phenols is 1. The molecule has 0 aliphatic carbocycles. The van der Waals surface area contributed by atoms with Crippen molar-refractivity contribution in [2.75, 3.05) is 52.2 Å². The summed E-state index contributed by atoms with van der Waals surface area (Å²) in [6.45, 7) is 3.39. The first-order valence-corrected chi connectivity index (χ1v) is 17.3. The lowest BCUT2D eigenvalue weighted by molar-refractivity contribution is -0.131. The van der Waals surface area contributed by atoms with E-state index in [9.17, 15) is 29.4 Å². The number of amides is 3. The van der Waals surface area contributed by atoms with Crippen molar-refractivity contribution in [3.8, 4) is 11.8 Å². The molecule has 0 unspecified atom stereocenters. The van der Waals surface area contributed by atoms with E-state index >= 15 is 0 Å². The Labute approximate surface area is 315 Å². The van der Waals surface area contributed by atoms with Gasteiger partial charge in [0.05, 0.1) is 28.9 Å². The molecule has 5 rings (SSSR count). The van der Waals surface area contributed by atoms with Gasteiger partial charge in [-0.25, -0.2) is 24.4 Å². The molecule has 0 saturated carbocycles. The van der Waals surface area contributed by atoms with E-state index in [1.54, 1.807) is 43.4 Å². The summed E-state index contributed by atoms with van der Waals surface area (Å²) in [6.07, 6.45) is 3.01. The number of halogens is 1. The second-order valence-corrected chi connectivity index (χ2v) is 13.3. The van der Waals surface area contributed by atoms with Gasteiger partial charge in [-0.3, -0.25) is 9.36 Å². The maximum absolute atomic E-state index is 13.5. The SMILES string of the molecule is C[C@@H]1CCN(C(=O)CC#N)C[C@@H]1N(C)c1ncnc2c1ccn2C(=O)N(C)CCN(C)C(=O)OCc1ccc(N=Nc2ccc(O)c(C(=O)O)c2)cc1Cl. The van der Waals surface area contributed by atoms with Crippen LogP contribution in [-0.2, 0) is 16.1 Å². The predicted molar refractivity (Wildman–Crippen MR) is 197 cm³/mol. The number of likely N-dealkylation sites (N-methyl/N-ethyl adjacent to an activating group) is 3. The lowest BCUT2D eigenvalue weighted by Crippen LogP contribution is -2.52. The number of hydrogen-bond acceptors (Lipinski definition) is 12. The van der Waals surface area contributed by atoms with Crippen LogP contribution in [0.5, 0.6) is 5.75 Å². The molecule has 0 radical (unpaired) electrons. The topological polar surface area (TPSA) is 210 Å². The van der Waals surface area contributed by atoms with Crippen LogP contribution in [0, 0.1) is 17.2 Å². The van der Waals surface area contributed by atoms with Crippen LogP contribution < -0.4 is 4.90 Å². The van der Waals surface area contributed by atoms with Crippen LogP contribution in [-0.4, -0.2) is 117 Å². The van der Waals surface area contributed by atoms with E-state index in [1.165, 1.54) is 45.0 Å². The Hall–Kier alpha value is -6.28. The van der Waals surface area contributed by atoms with E-state index in [-0.39, 0.29) is 72.0 Å². The number of carboxylic acids is 1. The number of hydrogen-bond donors (Lipinski definition) is 2. The van der Waals surface area contributed by atoms with Crippen molar-refractivity contribution in [2.45, 2.75) is 32.4 Å². The van der Waals surface area contributed by atoms with Crippen molar-refractivity contribution in [2.24, 2.45) is 16.1 Å². The summed E-state index contributed by atoms with van der Waals surface area (Å²) < 4.78 is 6.86. The molecule has 0 spiro atoms. The van der Waals surface area contributed by atoms with E-state index in [4.69, 9.17) is 21.6 Å². The van der Waals surface area contributed by atoms with E-state index < -0.39 is 12.1 Å². The molecule has 3 heterocycles. The van der Waals surface area contributed by atoms with Crippen LogP contribution in [0.25, 0.3) is 11.0 Å². The van der Waals surface area contributed by atoms with Gasteiger partial charge in [0, 0.05) is 64.1 Å². The highest BCUT2D eigenvalue weighted by molar-refractivity contribution is 6.31. The summed E-state index contributed by atoms with van der Waals surface area (Å²) in [7, 11) is 5.06. The van der Waals surface area contributed by atoms with Crippen LogP contribution in [0.15, 0.2) is 65.2 Å². The van der Waals surface area contributed by atoms with E-state index in [2.05, 4.69) is 27.1 Å². The zero-order valence-corrected chi connectivity index (χ0v) is 30.8. The molecular weight excluding hydrogens is 720 g/mol. The van der Waals surface area contributed by atoms with Gasteiger partial charge in [0.2, 0.25) is 5.91 Å². The van der Waals surface area contributed by atoms with Gasteiger partial charge >= 0.3 is 18.1 Å². The van der Waals surface area contributed by atoms with Gasteiger partial charge in [0.1, 0.15) is 36.5 Å². The van der Waals surface area contributed by atoms with E-state index in [0.29, 0.717) is 41.2 Å². The van der Waals surface area contributed by atoms with E-state index in [0.717, 1.165) is 6.42 Å². The average Bonchev–Trinajstić information content (AvgIpc) is 3.60. The fraction of sp³-hybridized carbons (Fsp3) is 0.361. The number of ether oxygens (including phenoxy) is 1. The Morgan fingerprint density at radius 3 is 2.44 bits per heavy atom. The second kappa shape index (κ2) is 17.0. The van der Waals surface area contributed by atoms with Crippen molar-refractivity contribution >= 4 is 63.8 Å². The fourth-order valence-corrected chi connectivity index (χ4v) is 6.23. The van der Waals surface area contributed by atoms with Crippen LogP contribution >= 0.6 is 11.6 Å². The molecule has 2 aromatic heterocycles. The highest BCUT2D eigenvalue weighted by atomic mass is 35.5. The second-order valence-electron chi connectivity index (χ2n) is 12.9. The number of nitrogens with zero attached hydrogens (tertiary/aromatic N) is 10. The molecule has 0 bridgehead atoms. The third kappa shape index (κ3) is 8.84. The first kappa shape index (κ1) is 38.9. The number of carboxylic acid groups (broad SMARTS) is 1. The minimum Gasteiger partial charge on any atom is -0.507 e. The number of azo groups is 1. The lowest BCUT2D eigenvalue weighted by atomic mass is 9.92. The summed E-state index contributed by atoms with van der Waals surface area (Å²) in [5, 5.41) is 36.8. The molecule has 18 heteroatoms. The lowest BCUT2D eigenvalue weighted by Gasteiger charge is -2.42. The molecule has 1 saturated heterocycles. The number of likely N-dealkylation sites (tertiary alicyclic amines) is 1. The normalized spacial score (nSPS) is 15.5. The van der Waals surface area contributed by atoms with Gasteiger partial charge in [-0.2, -0.15) is 15.5 Å². The summed E-state index contributed by atoms with van der Waals surface area (Å²) in [5.74, 6) is -1.01. The van der Waals surface area contributed by atoms with Crippen LogP contribution in [0.4, 0.5) is 26.8 Å². The number of anilines is 1. The minimum absolute atomic E-state index is 0.0574. The summed E-state index contributed by atoms with van der Waals surface area (Å²) in [5.41, 5.74) is 1.20. The van der Waals surface area contributed by atoms with Crippen molar-refractivity contribution in [3.05, 3.63) is 71.1 Å². The third-order valence-electron chi connectivity index (χ3n) is 9.29. The first-order chi connectivity index (χ1) is 25.8. The smallest absolute Gasteiger partial charge is 0.409 e. The van der Waals surface area contributed by atoms with Crippen LogP contribution in [0.2, 0.25) is 5.02 Å². The summed E-state index contributed by atoms with van der Waals surface area (Å²) >= 11 is 6.39. The summed E-state index contributed by atoms with van der Waals surface area (Å²) in [6, 6.07) is 11.8. The largest absolute Gasteiger partial charge is 0.507 e. The Morgan fingerprint density at radius 1 is 1.04 bits per heavy atom. The quantitative estimate of drug-likeness (QED) is 0.178. The van der Waals surface area contributed by atoms with Crippen molar-refractivity contribution in [1.29, 1.82) is 5.26 Å². The van der Waals surface area contributed by atoms with Gasteiger partial charge < -0.3 is 34.5 Å². The van der Waals surface area contributed by atoms with Gasteiger partial charge in [-0.05, 0) is 48.7 Å². The maximum Gasteiger partial charge on any atom is 0.409 e. The Kier molecular flexibility index (Phi) is 12.3. The average molecular weight is 759 g/mol. The number of nitriles is 1. The van der Waals surface area contributed by atoms with Gasteiger partial charge in [0.15, 0.2) is 5.65 Å². The van der Waals surface area contributed by atoms with Crippen LogP contribution in [0.1, 0.15) is 35.7 Å². The zero-order valence-electron chi connectivity index (χ0n) is 30.1. The highest BCUT2D eigenvalue weighted by Crippen LogP contribution is 2.31. The van der Waals surface area contributed by atoms with E-state index in [1.807, 2.05) is 18.0 Å². The Morgan fingerprint density at radius 2 is 1.74 bits per heavy atom. The number of carbonyl (C=O) groups is 4. The first-order valence-electron chi connectivity index (χ1n) is 16.9. The number of aromatic carboxylic acids is 1. The maximum atomic E-state index is 13.5. The molecule has 4 aromatic rings. The molecule has 2 atom stereocenters. The molecule has 17 nitrogen and oxygen atoms in total. The molecule has 1 fully saturated rings. The molecular formula is C36H39ClN10O7. The Bertz CT molecular complexity index is 2130. The molecule has 54 heavy (non-hydrogen) atoms. The third-order valence-corrected chi connectivity index (χ3v) is 9.64. The monoisotopic (exact) mass is 758 g/mol. The zero-order chi connectivity index (χ0) is 39.1. The van der Waals surface area contributed by atoms with Crippen LogP contribution in [0.3, 0.4) is 0 Å². The summed E-state index contributed by atoms with van der Waals surface area (Å²) in [4.78, 5) is 65.4. The van der Waals surface area contributed by atoms with Crippen molar-refractivity contribution in [3.63, 3.8) is 0 Å².